The summed E-state index contributed by atoms with van der Waals surface area (Å²) in [6.45, 7) is 5.52. The summed E-state index contributed by atoms with van der Waals surface area (Å²) in [7, 11) is 0. The standard InChI is InChI=1S/C10H15N3S/c1-2-4-14-5-3-11-6-10-7-12-9-13-8-10/h2,7-9,11H,1,3-6H2. The van der Waals surface area contributed by atoms with Crippen molar-refractivity contribution in [2.24, 2.45) is 0 Å². The van der Waals surface area contributed by atoms with Crippen molar-refractivity contribution >= 4 is 11.8 Å². The van der Waals surface area contributed by atoms with Crippen LogP contribution >= 0.6 is 11.8 Å². The van der Waals surface area contributed by atoms with Gasteiger partial charge < -0.3 is 5.32 Å². The molecule has 0 unspecified atom stereocenters. The summed E-state index contributed by atoms with van der Waals surface area (Å²) < 4.78 is 0. The van der Waals surface area contributed by atoms with E-state index in [9.17, 15) is 0 Å². The Balaban J connectivity index is 2.02. The van der Waals surface area contributed by atoms with E-state index in [1.165, 1.54) is 0 Å². The van der Waals surface area contributed by atoms with Gasteiger partial charge in [-0.25, -0.2) is 9.97 Å². The zero-order chi connectivity index (χ0) is 10.1. The average molecular weight is 209 g/mol. The van der Waals surface area contributed by atoms with Gasteiger partial charge in [0, 0.05) is 42.6 Å². The maximum atomic E-state index is 3.94. The molecule has 0 amide bonds. The number of nitrogens with one attached hydrogen (secondary N) is 1. The van der Waals surface area contributed by atoms with Crippen molar-refractivity contribution in [3.63, 3.8) is 0 Å². The molecule has 0 atom stereocenters. The molecule has 0 spiro atoms. The minimum absolute atomic E-state index is 0.843. The van der Waals surface area contributed by atoms with Gasteiger partial charge in [-0.2, -0.15) is 11.8 Å². The third-order valence-electron chi connectivity index (χ3n) is 1.60. The summed E-state index contributed by atoms with van der Waals surface area (Å²) >= 11 is 1.88. The lowest BCUT2D eigenvalue weighted by Crippen LogP contribution is -2.16. The molecule has 0 fully saturated rings. The lowest BCUT2D eigenvalue weighted by Gasteiger charge is -2.02. The first-order valence-corrected chi connectivity index (χ1v) is 5.72. The molecule has 0 saturated carbocycles. The van der Waals surface area contributed by atoms with Crippen LogP contribution in [0.25, 0.3) is 0 Å². The van der Waals surface area contributed by atoms with E-state index in [2.05, 4.69) is 21.9 Å². The van der Waals surface area contributed by atoms with Crippen molar-refractivity contribution in [3.05, 3.63) is 36.9 Å². The predicted octanol–water partition coefficient (Wildman–Crippen LogP) is 1.49. The molecule has 1 rings (SSSR count). The molecule has 4 heteroatoms. The zero-order valence-corrected chi connectivity index (χ0v) is 8.96. The highest BCUT2D eigenvalue weighted by Crippen LogP contribution is 1.97. The molecular weight excluding hydrogens is 194 g/mol. The van der Waals surface area contributed by atoms with Gasteiger partial charge in [0.2, 0.25) is 0 Å². The van der Waals surface area contributed by atoms with Crippen LogP contribution in [-0.2, 0) is 6.54 Å². The summed E-state index contributed by atoms with van der Waals surface area (Å²) in [5.41, 5.74) is 1.13. The van der Waals surface area contributed by atoms with Crippen molar-refractivity contribution in [2.75, 3.05) is 18.1 Å². The van der Waals surface area contributed by atoms with Crippen molar-refractivity contribution in [2.45, 2.75) is 6.54 Å². The molecule has 1 aromatic rings. The fourth-order valence-corrected chi connectivity index (χ4v) is 1.59. The van der Waals surface area contributed by atoms with Gasteiger partial charge >= 0.3 is 0 Å². The third kappa shape index (κ3) is 4.99. The van der Waals surface area contributed by atoms with Crippen LogP contribution in [0.3, 0.4) is 0 Å². The van der Waals surface area contributed by atoms with Gasteiger partial charge in [-0.3, -0.25) is 0 Å². The van der Waals surface area contributed by atoms with Crippen LogP contribution in [-0.4, -0.2) is 28.0 Å². The Morgan fingerprint density at radius 2 is 2.21 bits per heavy atom. The fourth-order valence-electron chi connectivity index (χ4n) is 0.965. The normalized spacial score (nSPS) is 10.0. The molecule has 0 radical (unpaired) electrons. The number of rotatable bonds is 7. The minimum Gasteiger partial charge on any atom is -0.312 e. The summed E-state index contributed by atoms with van der Waals surface area (Å²) in [6.07, 6.45) is 7.13. The fraction of sp³-hybridized carbons (Fsp3) is 0.400. The Kier molecular flexibility index (Phi) is 6.02. The predicted molar refractivity (Wildman–Crippen MR) is 61.3 cm³/mol. The summed E-state index contributed by atoms with van der Waals surface area (Å²) in [4.78, 5) is 7.89. The van der Waals surface area contributed by atoms with Gasteiger partial charge in [0.1, 0.15) is 6.33 Å². The van der Waals surface area contributed by atoms with E-state index in [4.69, 9.17) is 0 Å². The molecule has 0 saturated heterocycles. The van der Waals surface area contributed by atoms with Crippen LogP contribution in [0.1, 0.15) is 5.56 Å². The third-order valence-corrected chi connectivity index (χ3v) is 2.57. The lowest BCUT2D eigenvalue weighted by atomic mass is 10.3. The number of hydrogen-bond donors (Lipinski definition) is 1. The van der Waals surface area contributed by atoms with Gasteiger partial charge in [-0.05, 0) is 0 Å². The SMILES string of the molecule is C=CCSCCNCc1cncnc1. The van der Waals surface area contributed by atoms with Crippen molar-refractivity contribution < 1.29 is 0 Å². The maximum Gasteiger partial charge on any atom is 0.115 e. The Morgan fingerprint density at radius 1 is 1.43 bits per heavy atom. The van der Waals surface area contributed by atoms with Crippen LogP contribution in [0.4, 0.5) is 0 Å². The first-order valence-electron chi connectivity index (χ1n) is 4.56. The number of thioether (sulfide) groups is 1. The van der Waals surface area contributed by atoms with Crippen molar-refractivity contribution in [3.8, 4) is 0 Å². The van der Waals surface area contributed by atoms with Gasteiger partial charge in [0.25, 0.3) is 0 Å². The number of nitrogens with zero attached hydrogens (tertiary/aromatic N) is 2. The van der Waals surface area contributed by atoms with E-state index in [0.717, 1.165) is 30.2 Å². The Labute approximate surface area is 89.0 Å². The van der Waals surface area contributed by atoms with Gasteiger partial charge in [0.15, 0.2) is 0 Å². The molecular formula is C10H15N3S. The first-order chi connectivity index (χ1) is 6.93. The van der Waals surface area contributed by atoms with Gasteiger partial charge in [-0.15, -0.1) is 6.58 Å². The molecule has 1 N–H and O–H groups in total. The molecule has 1 heterocycles. The molecule has 0 aliphatic heterocycles. The second-order valence-electron chi connectivity index (χ2n) is 2.79. The van der Waals surface area contributed by atoms with Gasteiger partial charge in [-0.1, -0.05) is 6.08 Å². The van der Waals surface area contributed by atoms with E-state index in [-0.39, 0.29) is 0 Å². The molecule has 14 heavy (non-hydrogen) atoms. The topological polar surface area (TPSA) is 37.8 Å². The van der Waals surface area contributed by atoms with E-state index >= 15 is 0 Å². The number of hydrogen-bond acceptors (Lipinski definition) is 4. The summed E-state index contributed by atoms with van der Waals surface area (Å²) in [6, 6.07) is 0. The molecule has 0 bridgehead atoms. The second kappa shape index (κ2) is 7.53. The Hall–Kier alpha value is -0.870. The molecule has 0 aromatic carbocycles. The van der Waals surface area contributed by atoms with Crippen LogP contribution in [0.2, 0.25) is 0 Å². The van der Waals surface area contributed by atoms with Crippen LogP contribution in [0.15, 0.2) is 31.4 Å². The van der Waals surface area contributed by atoms with Crippen LogP contribution < -0.4 is 5.32 Å². The quantitative estimate of drug-likeness (QED) is 0.545. The molecule has 0 aliphatic carbocycles. The zero-order valence-electron chi connectivity index (χ0n) is 8.15. The highest BCUT2D eigenvalue weighted by molar-refractivity contribution is 7.99. The molecule has 0 aliphatic rings. The molecule has 76 valence electrons. The van der Waals surface area contributed by atoms with Crippen LogP contribution in [0, 0.1) is 0 Å². The number of aromatic nitrogens is 2. The largest absolute Gasteiger partial charge is 0.312 e. The van der Waals surface area contributed by atoms with E-state index in [1.807, 2.05) is 30.2 Å². The van der Waals surface area contributed by atoms with Gasteiger partial charge in [0.05, 0.1) is 0 Å². The summed E-state index contributed by atoms with van der Waals surface area (Å²) in [5, 5.41) is 3.33. The smallest absolute Gasteiger partial charge is 0.115 e. The molecule has 1 aromatic heterocycles. The van der Waals surface area contributed by atoms with E-state index in [0.29, 0.717) is 0 Å². The van der Waals surface area contributed by atoms with Crippen LogP contribution in [0.5, 0.6) is 0 Å². The monoisotopic (exact) mass is 209 g/mol. The maximum absolute atomic E-state index is 3.94. The average Bonchev–Trinajstić information content (AvgIpc) is 2.25. The Morgan fingerprint density at radius 3 is 2.93 bits per heavy atom. The van der Waals surface area contributed by atoms with E-state index in [1.54, 1.807) is 6.33 Å². The highest BCUT2D eigenvalue weighted by atomic mass is 32.2. The van der Waals surface area contributed by atoms with Crippen molar-refractivity contribution in [1.82, 2.24) is 15.3 Å². The molecule has 3 nitrogen and oxygen atoms in total. The van der Waals surface area contributed by atoms with Crippen molar-refractivity contribution in [1.29, 1.82) is 0 Å². The lowest BCUT2D eigenvalue weighted by molar-refractivity contribution is 0.726. The Bertz CT molecular complexity index is 251. The van der Waals surface area contributed by atoms with E-state index < -0.39 is 0 Å². The second-order valence-corrected chi connectivity index (χ2v) is 3.94. The minimum atomic E-state index is 0.843. The highest BCUT2D eigenvalue weighted by Gasteiger charge is 1.91. The summed E-state index contributed by atoms with van der Waals surface area (Å²) in [5.74, 6) is 2.13. The first kappa shape index (κ1) is 11.2.